The fourth-order valence-electron chi connectivity index (χ4n) is 4.25. The Kier molecular flexibility index (Phi) is 7.03. The molecular weight excluding hydrogens is 488 g/mol. The molecule has 5 rings (SSSR count). The maximum absolute atomic E-state index is 14.5. The summed E-state index contributed by atoms with van der Waals surface area (Å²) in [5, 5.41) is 19.0. The van der Waals surface area contributed by atoms with Crippen LogP contribution in [0.2, 0.25) is 5.02 Å². The quantitative estimate of drug-likeness (QED) is 0.375. The van der Waals surface area contributed by atoms with Gasteiger partial charge in [-0.15, -0.1) is 0 Å². The lowest BCUT2D eigenvalue weighted by atomic mass is 10.1. The molecule has 3 N–H and O–H groups in total. The van der Waals surface area contributed by atoms with E-state index in [-0.39, 0.29) is 62.7 Å². The summed E-state index contributed by atoms with van der Waals surface area (Å²) in [7, 11) is 0. The van der Waals surface area contributed by atoms with Crippen LogP contribution in [0.25, 0.3) is 11.2 Å². The molecule has 2 aromatic heterocycles. The third kappa shape index (κ3) is 5.05. The van der Waals surface area contributed by atoms with Crippen LogP contribution in [0.4, 0.5) is 8.78 Å². The van der Waals surface area contributed by atoms with Gasteiger partial charge in [0.1, 0.15) is 35.7 Å². The molecule has 1 aromatic carbocycles. The zero-order valence-corrected chi connectivity index (χ0v) is 19.3. The first kappa shape index (κ1) is 24.1. The van der Waals surface area contributed by atoms with Crippen molar-refractivity contribution in [3.05, 3.63) is 46.1 Å². The van der Waals surface area contributed by atoms with Crippen molar-refractivity contribution in [1.82, 2.24) is 15.0 Å². The molecule has 12 heteroatoms. The van der Waals surface area contributed by atoms with Gasteiger partial charge in [0.2, 0.25) is 0 Å². The lowest BCUT2D eigenvalue weighted by molar-refractivity contribution is 0.00706. The predicted octanol–water partition coefficient (Wildman–Crippen LogP) is 2.34. The van der Waals surface area contributed by atoms with Gasteiger partial charge < -0.3 is 34.1 Å². The first-order valence-electron chi connectivity index (χ1n) is 11.3. The van der Waals surface area contributed by atoms with Crippen LogP contribution in [0.15, 0.2) is 18.2 Å². The number of hydrogen-bond donors (Lipinski definition) is 3. The smallest absolute Gasteiger partial charge is 0.296 e. The van der Waals surface area contributed by atoms with Gasteiger partial charge in [0, 0.05) is 30.7 Å². The Balaban J connectivity index is 1.27. The number of aliphatic hydroxyl groups excluding tert-OH is 2. The van der Waals surface area contributed by atoms with Crippen molar-refractivity contribution in [2.24, 2.45) is 0 Å². The monoisotopic (exact) mass is 511 g/mol. The molecule has 2 aliphatic rings. The molecule has 2 aliphatic heterocycles. The largest absolute Gasteiger partial charge is 0.493 e. The van der Waals surface area contributed by atoms with Crippen LogP contribution in [-0.4, -0.2) is 76.0 Å². The molecule has 0 bridgehead atoms. The van der Waals surface area contributed by atoms with Crippen LogP contribution < -0.4 is 9.47 Å². The van der Waals surface area contributed by atoms with Gasteiger partial charge in [-0.05, 0) is 18.9 Å². The third-order valence-electron chi connectivity index (χ3n) is 6.02. The molecule has 0 saturated carbocycles. The summed E-state index contributed by atoms with van der Waals surface area (Å²) in [5.41, 5.74) is 1.22. The van der Waals surface area contributed by atoms with Crippen LogP contribution in [-0.2, 0) is 22.3 Å². The Bertz CT molecular complexity index is 1190. The van der Waals surface area contributed by atoms with E-state index in [0.717, 1.165) is 12.1 Å². The predicted molar refractivity (Wildman–Crippen MR) is 120 cm³/mol. The van der Waals surface area contributed by atoms with Crippen LogP contribution in [0.5, 0.6) is 11.8 Å². The van der Waals surface area contributed by atoms with E-state index in [4.69, 9.17) is 35.7 Å². The van der Waals surface area contributed by atoms with Gasteiger partial charge in [0.05, 0.1) is 36.1 Å². The molecule has 0 amide bonds. The number of rotatable bonds is 9. The standard InChI is InChI=1S/C23H24ClF2N3O6/c24-13-8-17-22(29-23(28-17)35-19-10-34-20-18(31)9-33-21(19)20)27-16(13)3-2-12-14(25)6-11(7-15(12)26)32-5-1-4-30/h6-8,18-21,30-31H,1-5,9-10H2,(H,27,28,29)/t18-,19-,20-,21-/m1/s1. The normalized spacial score (nSPS) is 23.7. The van der Waals surface area contributed by atoms with Gasteiger partial charge in [-0.2, -0.15) is 4.98 Å². The lowest BCUT2D eigenvalue weighted by Crippen LogP contribution is -2.34. The van der Waals surface area contributed by atoms with Gasteiger partial charge in [0.25, 0.3) is 6.01 Å². The van der Waals surface area contributed by atoms with E-state index in [0.29, 0.717) is 28.3 Å². The second kappa shape index (κ2) is 10.2. The van der Waals surface area contributed by atoms with Gasteiger partial charge in [0.15, 0.2) is 11.8 Å². The van der Waals surface area contributed by atoms with Gasteiger partial charge in [-0.1, -0.05) is 11.6 Å². The number of nitrogens with one attached hydrogen (secondary N) is 1. The van der Waals surface area contributed by atoms with E-state index in [2.05, 4.69) is 15.0 Å². The van der Waals surface area contributed by atoms with Crippen LogP contribution in [0.1, 0.15) is 17.7 Å². The van der Waals surface area contributed by atoms with Crippen molar-refractivity contribution >= 4 is 22.8 Å². The van der Waals surface area contributed by atoms with Crippen molar-refractivity contribution in [2.75, 3.05) is 26.4 Å². The first-order chi connectivity index (χ1) is 16.9. The van der Waals surface area contributed by atoms with E-state index in [1.54, 1.807) is 6.07 Å². The number of aryl methyl sites for hydroxylation is 1. The lowest BCUT2D eigenvalue weighted by Gasteiger charge is -2.15. The number of ether oxygens (including phenoxy) is 4. The molecule has 0 spiro atoms. The Labute approximate surface area is 203 Å². The SMILES string of the molecule is OCCCOc1cc(F)c(CCc2nc3nc(O[C@@H]4CO[C@H]5[C@@H]4OC[C@H]5O)[nH]c3cc2Cl)c(F)c1. The zero-order valence-electron chi connectivity index (χ0n) is 18.5. The summed E-state index contributed by atoms with van der Waals surface area (Å²) >= 11 is 6.37. The van der Waals surface area contributed by atoms with Crippen molar-refractivity contribution in [3.63, 3.8) is 0 Å². The van der Waals surface area contributed by atoms with Crippen molar-refractivity contribution in [2.45, 2.75) is 43.7 Å². The number of H-pyrrole nitrogens is 1. The molecule has 0 aliphatic carbocycles. The molecule has 2 fully saturated rings. The highest BCUT2D eigenvalue weighted by atomic mass is 35.5. The number of benzene rings is 1. The molecule has 35 heavy (non-hydrogen) atoms. The minimum absolute atomic E-state index is 0.0305. The van der Waals surface area contributed by atoms with Gasteiger partial charge in [-0.3, -0.25) is 0 Å². The first-order valence-corrected chi connectivity index (χ1v) is 11.7. The van der Waals surface area contributed by atoms with Crippen LogP contribution in [0, 0.1) is 11.6 Å². The molecule has 4 atom stereocenters. The molecule has 2 saturated heterocycles. The highest BCUT2D eigenvalue weighted by Gasteiger charge is 2.48. The fourth-order valence-corrected chi connectivity index (χ4v) is 4.50. The number of hydrogen-bond acceptors (Lipinski definition) is 8. The minimum Gasteiger partial charge on any atom is -0.493 e. The Hall–Kier alpha value is -2.57. The number of imidazole rings is 1. The number of aliphatic hydroxyl groups is 2. The molecule has 188 valence electrons. The molecule has 0 unspecified atom stereocenters. The van der Waals surface area contributed by atoms with E-state index in [9.17, 15) is 13.9 Å². The van der Waals surface area contributed by atoms with Gasteiger partial charge >= 0.3 is 0 Å². The van der Waals surface area contributed by atoms with E-state index >= 15 is 0 Å². The van der Waals surface area contributed by atoms with E-state index in [1.807, 2.05) is 0 Å². The molecule has 9 nitrogen and oxygen atoms in total. The summed E-state index contributed by atoms with van der Waals surface area (Å²) in [6.45, 7) is 0.536. The Morgan fingerprint density at radius 3 is 2.63 bits per heavy atom. The number of nitrogens with zero attached hydrogens (tertiary/aromatic N) is 2. The van der Waals surface area contributed by atoms with Crippen LogP contribution in [0.3, 0.4) is 0 Å². The average Bonchev–Trinajstić information content (AvgIpc) is 3.50. The Morgan fingerprint density at radius 1 is 1.09 bits per heavy atom. The molecule has 4 heterocycles. The van der Waals surface area contributed by atoms with Crippen molar-refractivity contribution in [1.29, 1.82) is 0 Å². The topological polar surface area (TPSA) is 119 Å². The minimum atomic E-state index is -0.729. The van der Waals surface area contributed by atoms with E-state index < -0.39 is 29.9 Å². The highest BCUT2D eigenvalue weighted by molar-refractivity contribution is 6.31. The number of pyridine rings is 1. The van der Waals surface area contributed by atoms with Gasteiger partial charge in [-0.25, -0.2) is 13.8 Å². The van der Waals surface area contributed by atoms with E-state index in [1.165, 1.54) is 0 Å². The number of fused-ring (bicyclic) bond motifs is 2. The number of aromatic amines is 1. The fraction of sp³-hybridized carbons (Fsp3) is 0.478. The maximum atomic E-state index is 14.5. The highest BCUT2D eigenvalue weighted by Crippen LogP contribution is 2.30. The van der Waals surface area contributed by atoms with Crippen molar-refractivity contribution in [3.8, 4) is 11.8 Å². The second-order valence-corrected chi connectivity index (χ2v) is 8.85. The summed E-state index contributed by atoms with van der Waals surface area (Å²) in [5.74, 6) is -1.39. The van der Waals surface area contributed by atoms with Crippen LogP contribution >= 0.6 is 11.6 Å². The second-order valence-electron chi connectivity index (χ2n) is 8.44. The summed E-state index contributed by atoms with van der Waals surface area (Å²) in [6.07, 6.45) is -1.35. The number of aromatic nitrogens is 3. The maximum Gasteiger partial charge on any atom is 0.296 e. The van der Waals surface area contributed by atoms with Crippen molar-refractivity contribution < 1.29 is 37.9 Å². The zero-order chi connectivity index (χ0) is 24.5. The molecule has 3 aromatic rings. The summed E-state index contributed by atoms with van der Waals surface area (Å²) < 4.78 is 51.2. The average molecular weight is 512 g/mol. The summed E-state index contributed by atoms with van der Waals surface area (Å²) in [4.78, 5) is 11.8. The number of halogens is 3. The third-order valence-corrected chi connectivity index (χ3v) is 6.35. The molecule has 0 radical (unpaired) electrons. The summed E-state index contributed by atoms with van der Waals surface area (Å²) in [6, 6.07) is 4.08. The Morgan fingerprint density at radius 2 is 1.86 bits per heavy atom. The molecular formula is C23H24ClF2N3O6.